The predicted molar refractivity (Wildman–Crippen MR) is 132 cm³/mol. The summed E-state index contributed by atoms with van der Waals surface area (Å²) in [4.78, 5) is 0. The van der Waals surface area contributed by atoms with Crippen molar-refractivity contribution >= 4 is 0 Å². The third-order valence-corrected chi connectivity index (χ3v) is 6.27. The van der Waals surface area contributed by atoms with Gasteiger partial charge in [-0.2, -0.15) is 10.4 Å². The normalized spacial score (nSPS) is 18.7. The summed E-state index contributed by atoms with van der Waals surface area (Å²) in [7, 11) is 1.61. The second-order valence-electron chi connectivity index (χ2n) is 8.45. The maximum atomic E-state index is 10.0. The van der Waals surface area contributed by atoms with Crippen LogP contribution in [-0.4, -0.2) is 23.1 Å². The molecule has 35 heavy (non-hydrogen) atoms. The monoisotopic (exact) mass is 466 g/mol. The fraction of sp³-hybridized carbons (Fsp3) is 0.214. The molecule has 7 nitrogen and oxygen atoms in total. The average molecular weight is 467 g/mol. The Hall–Kier alpha value is -4.28. The van der Waals surface area contributed by atoms with E-state index >= 15 is 0 Å². The quantitative estimate of drug-likeness (QED) is 0.442. The molecule has 176 valence electrons. The zero-order valence-electron chi connectivity index (χ0n) is 19.6. The molecule has 1 aliphatic rings. The highest BCUT2D eigenvalue weighted by atomic mass is 16.5. The SMILES string of the molecule is COc1cc(C2c3c(C)nn(-c4ccccc4)c3OC(N)C2C#N)ccc1OCc1ccccc1. The Balaban J connectivity index is 1.55. The molecule has 3 aromatic carbocycles. The first kappa shape index (κ1) is 22.5. The van der Waals surface area contributed by atoms with Crippen LogP contribution < -0.4 is 19.9 Å². The first-order valence-electron chi connectivity index (χ1n) is 11.4. The lowest BCUT2D eigenvalue weighted by Gasteiger charge is -2.33. The number of benzene rings is 3. The Morgan fingerprint density at radius 1 is 1.03 bits per heavy atom. The van der Waals surface area contributed by atoms with Gasteiger partial charge in [0.15, 0.2) is 17.7 Å². The zero-order valence-corrected chi connectivity index (χ0v) is 19.6. The van der Waals surface area contributed by atoms with Crippen LogP contribution in [-0.2, 0) is 6.61 Å². The third-order valence-electron chi connectivity index (χ3n) is 6.27. The molecule has 0 aliphatic carbocycles. The van der Waals surface area contributed by atoms with Crippen molar-refractivity contribution in [2.75, 3.05) is 7.11 Å². The summed E-state index contributed by atoms with van der Waals surface area (Å²) in [5, 5.41) is 14.8. The van der Waals surface area contributed by atoms with Gasteiger partial charge in [0.2, 0.25) is 5.88 Å². The minimum atomic E-state index is -0.809. The molecule has 0 radical (unpaired) electrons. The molecule has 7 heteroatoms. The standard InChI is InChI=1S/C28H26N4O3/c1-18-25-26(20-13-14-23(24(15-20)33-2)34-17-19-9-5-3-6-10-19)22(16-29)27(30)35-28(25)32(31-18)21-11-7-4-8-12-21/h3-15,22,26-27H,17,30H2,1-2H3. The lowest BCUT2D eigenvalue weighted by molar-refractivity contribution is 0.125. The smallest absolute Gasteiger partial charge is 0.222 e. The van der Waals surface area contributed by atoms with Crippen molar-refractivity contribution in [3.63, 3.8) is 0 Å². The molecule has 2 heterocycles. The molecule has 3 unspecified atom stereocenters. The highest BCUT2D eigenvalue weighted by molar-refractivity contribution is 5.52. The molecule has 0 saturated carbocycles. The van der Waals surface area contributed by atoms with E-state index in [0.29, 0.717) is 24.0 Å². The van der Waals surface area contributed by atoms with Gasteiger partial charge in [0.05, 0.1) is 24.6 Å². The summed E-state index contributed by atoms with van der Waals surface area (Å²) >= 11 is 0. The van der Waals surface area contributed by atoms with E-state index in [1.54, 1.807) is 11.8 Å². The molecule has 4 aromatic rings. The molecule has 1 aliphatic heterocycles. The minimum absolute atomic E-state index is 0.340. The predicted octanol–water partition coefficient (Wildman–Crippen LogP) is 4.72. The number of methoxy groups -OCH3 is 1. The van der Waals surface area contributed by atoms with E-state index in [1.165, 1.54) is 0 Å². The van der Waals surface area contributed by atoms with Gasteiger partial charge in [0.25, 0.3) is 0 Å². The summed E-state index contributed by atoms with van der Waals surface area (Å²) in [5.74, 6) is 0.830. The van der Waals surface area contributed by atoms with E-state index in [4.69, 9.17) is 25.0 Å². The minimum Gasteiger partial charge on any atom is -0.493 e. The summed E-state index contributed by atoms with van der Waals surface area (Å²) in [6, 6.07) is 27.8. The van der Waals surface area contributed by atoms with E-state index in [1.807, 2.05) is 85.8 Å². The summed E-state index contributed by atoms with van der Waals surface area (Å²) < 4.78 is 19.5. The Morgan fingerprint density at radius 2 is 1.74 bits per heavy atom. The van der Waals surface area contributed by atoms with Gasteiger partial charge in [0, 0.05) is 11.5 Å². The van der Waals surface area contributed by atoms with Crippen molar-refractivity contribution < 1.29 is 14.2 Å². The molecule has 1 aromatic heterocycles. The van der Waals surface area contributed by atoms with Crippen molar-refractivity contribution in [2.24, 2.45) is 11.7 Å². The second-order valence-corrected chi connectivity index (χ2v) is 8.45. The molecule has 0 spiro atoms. The van der Waals surface area contributed by atoms with Crippen LogP contribution in [0.1, 0.15) is 28.3 Å². The largest absolute Gasteiger partial charge is 0.493 e. The second kappa shape index (κ2) is 9.53. The van der Waals surface area contributed by atoms with Gasteiger partial charge < -0.3 is 14.2 Å². The zero-order chi connectivity index (χ0) is 24.4. The number of para-hydroxylation sites is 1. The number of hydrogen-bond acceptors (Lipinski definition) is 6. The lowest BCUT2D eigenvalue weighted by atomic mass is 9.79. The fourth-order valence-electron chi connectivity index (χ4n) is 4.56. The van der Waals surface area contributed by atoms with Gasteiger partial charge >= 0.3 is 0 Å². The molecule has 0 saturated heterocycles. The van der Waals surface area contributed by atoms with Crippen LogP contribution in [0.25, 0.3) is 5.69 Å². The topological polar surface area (TPSA) is 95.3 Å². The number of nitrogens with zero attached hydrogens (tertiary/aromatic N) is 3. The van der Waals surface area contributed by atoms with Crippen LogP contribution in [0.15, 0.2) is 78.9 Å². The van der Waals surface area contributed by atoms with Crippen molar-refractivity contribution in [1.82, 2.24) is 9.78 Å². The molecule has 0 amide bonds. The first-order chi connectivity index (χ1) is 17.1. The molecular formula is C28H26N4O3. The summed E-state index contributed by atoms with van der Waals surface area (Å²) in [5.41, 5.74) is 10.8. The summed E-state index contributed by atoms with van der Waals surface area (Å²) in [6.45, 7) is 2.35. The number of aromatic nitrogens is 2. The average Bonchev–Trinajstić information content (AvgIpc) is 3.23. The van der Waals surface area contributed by atoms with Crippen LogP contribution >= 0.6 is 0 Å². The van der Waals surface area contributed by atoms with Crippen molar-refractivity contribution in [2.45, 2.75) is 25.7 Å². The molecule has 0 bridgehead atoms. The Kier molecular flexibility index (Phi) is 6.13. The van der Waals surface area contributed by atoms with Gasteiger partial charge in [-0.3, -0.25) is 5.73 Å². The number of hydrogen-bond donors (Lipinski definition) is 1. The molecule has 2 N–H and O–H groups in total. The molecule has 5 rings (SSSR count). The number of rotatable bonds is 6. The van der Waals surface area contributed by atoms with Crippen molar-refractivity contribution in [3.05, 3.63) is 101 Å². The van der Waals surface area contributed by atoms with E-state index in [0.717, 1.165) is 28.1 Å². The van der Waals surface area contributed by atoms with Crippen LogP contribution in [0.3, 0.4) is 0 Å². The van der Waals surface area contributed by atoms with Gasteiger partial charge in [0.1, 0.15) is 12.5 Å². The van der Waals surface area contributed by atoms with Crippen molar-refractivity contribution in [1.29, 1.82) is 5.26 Å². The van der Waals surface area contributed by atoms with Crippen LogP contribution in [0.2, 0.25) is 0 Å². The van der Waals surface area contributed by atoms with E-state index in [2.05, 4.69) is 6.07 Å². The van der Waals surface area contributed by atoms with Gasteiger partial charge in [-0.25, -0.2) is 4.68 Å². The van der Waals surface area contributed by atoms with E-state index in [9.17, 15) is 5.26 Å². The Morgan fingerprint density at radius 3 is 2.43 bits per heavy atom. The number of fused-ring (bicyclic) bond motifs is 1. The van der Waals surface area contributed by atoms with Gasteiger partial charge in [-0.1, -0.05) is 54.6 Å². The van der Waals surface area contributed by atoms with Crippen LogP contribution in [0.4, 0.5) is 0 Å². The number of nitrogens with two attached hydrogens (primary N) is 1. The number of nitriles is 1. The van der Waals surface area contributed by atoms with Gasteiger partial charge in [-0.15, -0.1) is 0 Å². The highest BCUT2D eigenvalue weighted by Gasteiger charge is 2.42. The highest BCUT2D eigenvalue weighted by Crippen LogP contribution is 2.46. The maximum Gasteiger partial charge on any atom is 0.222 e. The molecule has 0 fully saturated rings. The fourth-order valence-corrected chi connectivity index (χ4v) is 4.56. The number of aryl methyl sites for hydroxylation is 1. The summed E-state index contributed by atoms with van der Waals surface area (Å²) in [6.07, 6.45) is -0.809. The Labute approximate surface area is 204 Å². The number of ether oxygens (including phenoxy) is 3. The van der Waals surface area contributed by atoms with Crippen LogP contribution in [0.5, 0.6) is 17.4 Å². The Bertz CT molecular complexity index is 1360. The maximum absolute atomic E-state index is 10.0. The van der Waals surface area contributed by atoms with Gasteiger partial charge in [-0.05, 0) is 42.3 Å². The van der Waals surface area contributed by atoms with E-state index in [-0.39, 0.29) is 5.92 Å². The third kappa shape index (κ3) is 4.20. The lowest BCUT2D eigenvalue weighted by Crippen LogP contribution is -2.42. The van der Waals surface area contributed by atoms with E-state index < -0.39 is 12.1 Å². The first-order valence-corrected chi connectivity index (χ1v) is 11.4. The van der Waals surface area contributed by atoms with Crippen molar-refractivity contribution in [3.8, 4) is 29.1 Å². The van der Waals surface area contributed by atoms with Crippen LogP contribution in [0, 0.1) is 24.2 Å². The molecule has 3 atom stereocenters. The molecular weight excluding hydrogens is 440 g/mol.